The number of halogens is 1. The van der Waals surface area contributed by atoms with Crippen molar-refractivity contribution in [1.29, 1.82) is 0 Å². The van der Waals surface area contributed by atoms with E-state index in [1.165, 1.54) is 0 Å². The lowest BCUT2D eigenvalue weighted by atomic mass is 10.1. The van der Waals surface area contributed by atoms with Gasteiger partial charge in [-0.25, -0.2) is 4.98 Å². The molecule has 1 heterocycles. The van der Waals surface area contributed by atoms with Crippen LogP contribution in [0.1, 0.15) is 25.6 Å². The molecular formula is C15H20BrN3O. The summed E-state index contributed by atoms with van der Waals surface area (Å²) in [6.07, 6.45) is 2.24. The summed E-state index contributed by atoms with van der Waals surface area (Å²) >= 11 is 3.50. The summed E-state index contributed by atoms with van der Waals surface area (Å²) in [5, 5.41) is 0. The fraction of sp³-hybridized carbons (Fsp3) is 0.400. The molecule has 0 bridgehead atoms. The van der Waals surface area contributed by atoms with E-state index in [0.29, 0.717) is 0 Å². The highest BCUT2D eigenvalue weighted by Crippen LogP contribution is 2.33. The van der Waals surface area contributed by atoms with Gasteiger partial charge in [0.15, 0.2) is 0 Å². The maximum absolute atomic E-state index is 6.25. The zero-order valence-corrected chi connectivity index (χ0v) is 13.7. The maximum Gasteiger partial charge on any atom is 0.133 e. The Labute approximate surface area is 128 Å². The molecule has 4 nitrogen and oxygen atoms in total. The average molecular weight is 338 g/mol. The molecule has 2 N–H and O–H groups in total. The van der Waals surface area contributed by atoms with Crippen molar-refractivity contribution < 1.29 is 4.74 Å². The van der Waals surface area contributed by atoms with E-state index in [-0.39, 0.29) is 0 Å². The molecule has 0 amide bonds. The van der Waals surface area contributed by atoms with E-state index in [1.54, 1.807) is 7.11 Å². The molecule has 5 heteroatoms. The van der Waals surface area contributed by atoms with Crippen LogP contribution < -0.4 is 10.5 Å². The van der Waals surface area contributed by atoms with Gasteiger partial charge >= 0.3 is 0 Å². The Morgan fingerprint density at radius 2 is 2.15 bits per heavy atom. The number of methoxy groups -OCH3 is 1. The summed E-state index contributed by atoms with van der Waals surface area (Å²) in [6, 6.07) is 5.88. The van der Waals surface area contributed by atoms with E-state index in [2.05, 4.69) is 32.4 Å². The Kier molecular flexibility index (Phi) is 4.70. The number of imidazole rings is 1. The standard InChI is InChI=1S/C15H20BrN3O/c1-4-5-8-19-10(2)18-14(15(19)17)11-6-7-13(20-3)12(16)9-11/h6-7,9H,4-5,8,17H2,1-3H3. The Hall–Kier alpha value is -1.49. The van der Waals surface area contributed by atoms with Gasteiger partial charge in [0.1, 0.15) is 23.1 Å². The number of aromatic nitrogens is 2. The topological polar surface area (TPSA) is 53.1 Å². The van der Waals surface area contributed by atoms with Crippen LogP contribution in [-0.2, 0) is 6.54 Å². The Balaban J connectivity index is 2.40. The first kappa shape index (κ1) is 14.9. The van der Waals surface area contributed by atoms with Crippen LogP contribution in [0.5, 0.6) is 5.75 Å². The number of ether oxygens (including phenoxy) is 1. The molecule has 2 rings (SSSR count). The van der Waals surface area contributed by atoms with Crippen LogP contribution in [0.2, 0.25) is 0 Å². The number of anilines is 1. The van der Waals surface area contributed by atoms with Gasteiger partial charge in [0.2, 0.25) is 0 Å². The van der Waals surface area contributed by atoms with Crippen LogP contribution in [0.25, 0.3) is 11.3 Å². The van der Waals surface area contributed by atoms with E-state index in [4.69, 9.17) is 10.5 Å². The summed E-state index contributed by atoms with van der Waals surface area (Å²) in [6.45, 7) is 5.08. The van der Waals surface area contributed by atoms with Gasteiger partial charge < -0.3 is 15.0 Å². The van der Waals surface area contributed by atoms with E-state index in [9.17, 15) is 0 Å². The predicted molar refractivity (Wildman–Crippen MR) is 86.0 cm³/mol. The van der Waals surface area contributed by atoms with Crippen molar-refractivity contribution in [3.63, 3.8) is 0 Å². The van der Waals surface area contributed by atoms with Crippen LogP contribution in [-0.4, -0.2) is 16.7 Å². The molecule has 0 aliphatic rings. The fourth-order valence-electron chi connectivity index (χ4n) is 2.21. The molecule has 1 aromatic heterocycles. The third-order valence-electron chi connectivity index (χ3n) is 3.36. The normalized spacial score (nSPS) is 10.8. The molecule has 0 saturated carbocycles. The first-order chi connectivity index (χ1) is 9.58. The molecular weight excluding hydrogens is 318 g/mol. The molecule has 0 radical (unpaired) electrons. The van der Waals surface area contributed by atoms with Gasteiger partial charge in [-0.1, -0.05) is 13.3 Å². The molecule has 0 saturated heterocycles. The maximum atomic E-state index is 6.25. The number of nitrogen functional groups attached to an aromatic ring is 1. The molecule has 0 aliphatic heterocycles. The number of nitrogens with zero attached hydrogens (tertiary/aromatic N) is 2. The van der Waals surface area contributed by atoms with Crippen molar-refractivity contribution >= 4 is 21.7 Å². The van der Waals surface area contributed by atoms with E-state index in [0.717, 1.165) is 52.5 Å². The molecule has 0 atom stereocenters. The second-order valence-corrected chi connectivity index (χ2v) is 5.60. The molecule has 0 fully saturated rings. The van der Waals surface area contributed by atoms with Crippen LogP contribution in [0, 0.1) is 6.92 Å². The number of nitrogens with two attached hydrogens (primary N) is 1. The third-order valence-corrected chi connectivity index (χ3v) is 3.98. The van der Waals surface area contributed by atoms with Gasteiger partial charge in [0, 0.05) is 12.1 Å². The number of hydrogen-bond acceptors (Lipinski definition) is 3. The molecule has 1 aromatic carbocycles. The highest BCUT2D eigenvalue weighted by Gasteiger charge is 2.14. The lowest BCUT2D eigenvalue weighted by Gasteiger charge is -2.07. The SMILES string of the molecule is CCCCn1c(C)nc(-c2ccc(OC)c(Br)c2)c1N. The number of benzene rings is 1. The van der Waals surface area contributed by atoms with Crippen molar-refractivity contribution in [2.75, 3.05) is 12.8 Å². The fourth-order valence-corrected chi connectivity index (χ4v) is 2.75. The predicted octanol–water partition coefficient (Wildman–Crippen LogP) is 4.01. The molecule has 108 valence electrons. The Morgan fingerprint density at radius 3 is 2.75 bits per heavy atom. The van der Waals surface area contributed by atoms with E-state index < -0.39 is 0 Å². The quantitative estimate of drug-likeness (QED) is 0.896. The second-order valence-electron chi connectivity index (χ2n) is 4.75. The second kappa shape index (κ2) is 6.31. The first-order valence-electron chi connectivity index (χ1n) is 6.75. The van der Waals surface area contributed by atoms with Crippen molar-refractivity contribution in [3.05, 3.63) is 28.5 Å². The average Bonchev–Trinajstić information content (AvgIpc) is 2.72. The van der Waals surface area contributed by atoms with Gasteiger partial charge in [-0.05, 0) is 47.5 Å². The number of aryl methyl sites for hydroxylation is 1. The van der Waals surface area contributed by atoms with E-state index >= 15 is 0 Å². The minimum absolute atomic E-state index is 0.730. The molecule has 0 unspecified atom stereocenters. The lowest BCUT2D eigenvalue weighted by molar-refractivity contribution is 0.412. The largest absolute Gasteiger partial charge is 0.496 e. The minimum Gasteiger partial charge on any atom is -0.496 e. The first-order valence-corrected chi connectivity index (χ1v) is 7.54. The van der Waals surface area contributed by atoms with Crippen LogP contribution in [0.3, 0.4) is 0 Å². The van der Waals surface area contributed by atoms with Crippen LogP contribution >= 0.6 is 15.9 Å². The highest BCUT2D eigenvalue weighted by molar-refractivity contribution is 9.10. The Bertz CT molecular complexity index is 607. The third kappa shape index (κ3) is 2.82. The lowest BCUT2D eigenvalue weighted by Crippen LogP contribution is -2.04. The summed E-state index contributed by atoms with van der Waals surface area (Å²) in [7, 11) is 1.65. The van der Waals surface area contributed by atoms with Crippen LogP contribution in [0.15, 0.2) is 22.7 Å². The number of unbranched alkanes of at least 4 members (excludes halogenated alkanes) is 1. The number of rotatable bonds is 5. The van der Waals surface area contributed by atoms with Crippen molar-refractivity contribution in [1.82, 2.24) is 9.55 Å². The Morgan fingerprint density at radius 1 is 1.40 bits per heavy atom. The highest BCUT2D eigenvalue weighted by atomic mass is 79.9. The zero-order valence-electron chi connectivity index (χ0n) is 12.1. The molecule has 2 aromatic rings. The summed E-state index contributed by atoms with van der Waals surface area (Å²) in [5.41, 5.74) is 8.08. The van der Waals surface area contributed by atoms with Crippen molar-refractivity contribution in [2.45, 2.75) is 33.2 Å². The molecule has 0 aliphatic carbocycles. The monoisotopic (exact) mass is 337 g/mol. The van der Waals surface area contributed by atoms with Gasteiger partial charge in [0.25, 0.3) is 0 Å². The van der Waals surface area contributed by atoms with Crippen molar-refractivity contribution in [2.24, 2.45) is 0 Å². The summed E-state index contributed by atoms with van der Waals surface area (Å²) < 4.78 is 8.23. The van der Waals surface area contributed by atoms with Crippen LogP contribution in [0.4, 0.5) is 5.82 Å². The summed E-state index contributed by atoms with van der Waals surface area (Å²) in [4.78, 5) is 4.61. The number of hydrogen-bond donors (Lipinski definition) is 1. The minimum atomic E-state index is 0.730. The summed E-state index contributed by atoms with van der Waals surface area (Å²) in [5.74, 6) is 2.49. The van der Waals surface area contributed by atoms with Gasteiger partial charge in [0.05, 0.1) is 11.6 Å². The molecule has 20 heavy (non-hydrogen) atoms. The van der Waals surface area contributed by atoms with Gasteiger partial charge in [-0.3, -0.25) is 0 Å². The molecule has 0 spiro atoms. The van der Waals surface area contributed by atoms with Gasteiger partial charge in [-0.15, -0.1) is 0 Å². The van der Waals surface area contributed by atoms with Crippen molar-refractivity contribution in [3.8, 4) is 17.0 Å². The zero-order chi connectivity index (χ0) is 14.7. The van der Waals surface area contributed by atoms with Gasteiger partial charge in [-0.2, -0.15) is 0 Å². The van der Waals surface area contributed by atoms with E-state index in [1.807, 2.05) is 25.1 Å². The smallest absolute Gasteiger partial charge is 0.133 e.